The van der Waals surface area contributed by atoms with Crippen LogP contribution in [0.5, 0.6) is 0 Å². The molecule has 4 N–H and O–H groups in total. The number of carbonyl (C=O) groups excluding carboxylic acids is 2. The van der Waals surface area contributed by atoms with Crippen molar-refractivity contribution in [2.75, 3.05) is 0 Å². The quantitative estimate of drug-likeness (QED) is 0.725. The summed E-state index contributed by atoms with van der Waals surface area (Å²) in [6.07, 6.45) is 2.41. The van der Waals surface area contributed by atoms with Crippen LogP contribution >= 0.6 is 0 Å². The highest BCUT2D eigenvalue weighted by Gasteiger charge is 2.33. The van der Waals surface area contributed by atoms with E-state index in [0.29, 0.717) is 5.92 Å². The van der Waals surface area contributed by atoms with Crippen molar-refractivity contribution in [1.82, 2.24) is 10.6 Å². The van der Waals surface area contributed by atoms with E-state index in [-0.39, 0.29) is 18.4 Å². The van der Waals surface area contributed by atoms with Gasteiger partial charge in [-0.15, -0.1) is 0 Å². The average Bonchev–Trinajstić information content (AvgIpc) is 3.45. The SMILES string of the molecule is NC(=O)N[C@H](CC(=O)N[C@H](c1ccccc1)C1CC1)c1ccccc1. The van der Waals surface area contributed by atoms with Gasteiger partial charge in [-0.2, -0.15) is 0 Å². The molecule has 0 aliphatic heterocycles. The average molecular weight is 337 g/mol. The zero-order chi connectivity index (χ0) is 17.6. The molecule has 0 spiro atoms. The Morgan fingerprint density at radius 3 is 2.00 bits per heavy atom. The van der Waals surface area contributed by atoms with Crippen molar-refractivity contribution in [3.05, 3.63) is 71.8 Å². The molecule has 0 aromatic heterocycles. The molecule has 1 saturated carbocycles. The fourth-order valence-corrected chi connectivity index (χ4v) is 3.09. The number of nitrogens with two attached hydrogens (primary N) is 1. The maximum absolute atomic E-state index is 12.6. The molecular formula is C20H23N3O2. The minimum Gasteiger partial charge on any atom is -0.352 e. The van der Waals surface area contributed by atoms with Crippen molar-refractivity contribution in [2.24, 2.45) is 11.7 Å². The Balaban J connectivity index is 1.69. The smallest absolute Gasteiger partial charge is 0.312 e. The van der Waals surface area contributed by atoms with E-state index in [9.17, 15) is 9.59 Å². The number of hydrogen-bond donors (Lipinski definition) is 3. The third-order valence-electron chi connectivity index (χ3n) is 4.48. The Labute approximate surface area is 147 Å². The van der Waals surface area contributed by atoms with Crippen molar-refractivity contribution >= 4 is 11.9 Å². The summed E-state index contributed by atoms with van der Waals surface area (Å²) in [6, 6.07) is 18.4. The molecule has 0 saturated heterocycles. The Hall–Kier alpha value is -2.82. The topological polar surface area (TPSA) is 84.2 Å². The van der Waals surface area contributed by atoms with Gasteiger partial charge in [0.15, 0.2) is 0 Å². The molecule has 0 unspecified atom stereocenters. The number of carbonyl (C=O) groups is 2. The number of nitrogens with one attached hydrogen (secondary N) is 2. The summed E-state index contributed by atoms with van der Waals surface area (Å²) in [4.78, 5) is 23.9. The van der Waals surface area contributed by atoms with Crippen molar-refractivity contribution in [2.45, 2.75) is 31.3 Å². The van der Waals surface area contributed by atoms with E-state index >= 15 is 0 Å². The lowest BCUT2D eigenvalue weighted by Crippen LogP contribution is -2.38. The molecular weight excluding hydrogens is 314 g/mol. The van der Waals surface area contributed by atoms with Gasteiger partial charge in [0.25, 0.3) is 0 Å². The molecule has 0 heterocycles. The van der Waals surface area contributed by atoms with Crippen LogP contribution in [-0.2, 0) is 4.79 Å². The minimum atomic E-state index is -0.636. The predicted octanol–water partition coefficient (Wildman–Crippen LogP) is 3.05. The molecule has 2 aromatic rings. The predicted molar refractivity (Wildman–Crippen MR) is 96.6 cm³/mol. The monoisotopic (exact) mass is 337 g/mol. The summed E-state index contributed by atoms with van der Waals surface area (Å²) in [5, 5.41) is 5.80. The first-order chi connectivity index (χ1) is 12.1. The summed E-state index contributed by atoms with van der Waals surface area (Å²) >= 11 is 0. The van der Waals surface area contributed by atoms with E-state index in [4.69, 9.17) is 5.73 Å². The summed E-state index contributed by atoms with van der Waals surface area (Å²) in [5.74, 6) is 0.397. The third kappa shape index (κ3) is 4.83. The highest BCUT2D eigenvalue weighted by molar-refractivity contribution is 5.79. The van der Waals surface area contributed by atoms with Crippen LogP contribution < -0.4 is 16.4 Å². The van der Waals surface area contributed by atoms with Crippen molar-refractivity contribution in [3.8, 4) is 0 Å². The molecule has 5 heteroatoms. The molecule has 2 aromatic carbocycles. The Morgan fingerprint density at radius 1 is 0.920 bits per heavy atom. The molecule has 5 nitrogen and oxygen atoms in total. The Bertz CT molecular complexity index is 714. The minimum absolute atomic E-state index is 0.0266. The normalized spacial score (nSPS) is 15.8. The van der Waals surface area contributed by atoms with E-state index in [0.717, 1.165) is 24.0 Å². The Morgan fingerprint density at radius 2 is 1.48 bits per heavy atom. The summed E-state index contributed by atoms with van der Waals surface area (Å²) in [6.45, 7) is 0. The standard InChI is InChI=1S/C20H23N3O2/c21-20(25)22-17(14-7-3-1-4-8-14)13-18(24)23-19(16-11-12-16)15-9-5-2-6-10-15/h1-10,16-17,19H,11-13H2,(H,23,24)(H3,21,22,25)/t17-,19-/m1/s1. The van der Waals surface area contributed by atoms with Crippen molar-refractivity contribution < 1.29 is 9.59 Å². The number of rotatable bonds is 7. The van der Waals surface area contributed by atoms with Gasteiger partial charge >= 0.3 is 6.03 Å². The van der Waals surface area contributed by atoms with Gasteiger partial charge in [-0.1, -0.05) is 60.7 Å². The van der Waals surface area contributed by atoms with Crippen LogP contribution in [0, 0.1) is 5.92 Å². The van der Waals surface area contributed by atoms with Gasteiger partial charge in [0.05, 0.1) is 18.5 Å². The fourth-order valence-electron chi connectivity index (χ4n) is 3.09. The molecule has 0 radical (unpaired) electrons. The number of benzene rings is 2. The van der Waals surface area contributed by atoms with Gasteiger partial charge in [-0.3, -0.25) is 4.79 Å². The largest absolute Gasteiger partial charge is 0.352 e. The second-order valence-corrected chi connectivity index (χ2v) is 6.47. The van der Waals surface area contributed by atoms with Crippen molar-refractivity contribution in [3.63, 3.8) is 0 Å². The van der Waals surface area contributed by atoms with Crippen molar-refractivity contribution in [1.29, 1.82) is 0 Å². The Kier molecular flexibility index (Phi) is 5.33. The van der Waals surface area contributed by atoms with Crippen LogP contribution in [0.4, 0.5) is 4.79 Å². The molecule has 1 fully saturated rings. The molecule has 25 heavy (non-hydrogen) atoms. The van der Waals surface area contributed by atoms with E-state index in [1.807, 2.05) is 60.7 Å². The van der Waals surface area contributed by atoms with Gasteiger partial charge in [0, 0.05) is 0 Å². The number of primary amides is 1. The van der Waals surface area contributed by atoms with Gasteiger partial charge < -0.3 is 16.4 Å². The molecule has 0 bridgehead atoms. The molecule has 3 amide bonds. The van der Waals surface area contributed by atoms with Crippen LogP contribution in [0.25, 0.3) is 0 Å². The summed E-state index contributed by atoms with van der Waals surface area (Å²) in [7, 11) is 0. The van der Waals surface area contributed by atoms with Crippen LogP contribution in [-0.4, -0.2) is 11.9 Å². The van der Waals surface area contributed by atoms with E-state index in [1.54, 1.807) is 0 Å². The summed E-state index contributed by atoms with van der Waals surface area (Å²) < 4.78 is 0. The van der Waals surface area contributed by atoms with E-state index in [2.05, 4.69) is 10.6 Å². The molecule has 130 valence electrons. The molecule has 3 rings (SSSR count). The van der Waals surface area contributed by atoms with Crippen LogP contribution in [0.3, 0.4) is 0 Å². The van der Waals surface area contributed by atoms with Crippen LogP contribution in [0.2, 0.25) is 0 Å². The molecule has 2 atom stereocenters. The highest BCUT2D eigenvalue weighted by atomic mass is 16.2. The third-order valence-corrected chi connectivity index (χ3v) is 4.48. The van der Waals surface area contributed by atoms with Crippen LogP contribution in [0.15, 0.2) is 60.7 Å². The maximum atomic E-state index is 12.6. The first-order valence-electron chi connectivity index (χ1n) is 8.58. The van der Waals surface area contributed by atoms with Gasteiger partial charge in [-0.05, 0) is 29.9 Å². The maximum Gasteiger partial charge on any atom is 0.312 e. The summed E-state index contributed by atoms with van der Waals surface area (Å²) in [5.41, 5.74) is 7.26. The van der Waals surface area contributed by atoms with Gasteiger partial charge in [-0.25, -0.2) is 4.79 Å². The van der Waals surface area contributed by atoms with E-state index in [1.165, 1.54) is 0 Å². The first kappa shape index (κ1) is 17.0. The van der Waals surface area contributed by atoms with Gasteiger partial charge in [0.2, 0.25) is 5.91 Å². The molecule has 1 aliphatic rings. The lowest BCUT2D eigenvalue weighted by atomic mass is 10.0. The van der Waals surface area contributed by atoms with E-state index < -0.39 is 12.1 Å². The fraction of sp³-hybridized carbons (Fsp3) is 0.300. The second kappa shape index (κ2) is 7.83. The van der Waals surface area contributed by atoms with Gasteiger partial charge in [0.1, 0.15) is 0 Å². The number of amides is 3. The zero-order valence-electron chi connectivity index (χ0n) is 14.0. The number of urea groups is 1. The first-order valence-corrected chi connectivity index (χ1v) is 8.58. The molecule has 1 aliphatic carbocycles. The number of hydrogen-bond acceptors (Lipinski definition) is 2. The van der Waals surface area contributed by atoms with Crippen LogP contribution in [0.1, 0.15) is 42.5 Å². The lowest BCUT2D eigenvalue weighted by Gasteiger charge is -2.22. The lowest BCUT2D eigenvalue weighted by molar-refractivity contribution is -0.122. The second-order valence-electron chi connectivity index (χ2n) is 6.47. The highest BCUT2D eigenvalue weighted by Crippen LogP contribution is 2.41. The zero-order valence-corrected chi connectivity index (χ0v) is 14.0.